The molecule has 0 fully saturated rings. The molecule has 0 saturated carbocycles. The predicted octanol–water partition coefficient (Wildman–Crippen LogP) is 2.46. The molecule has 3 amide bonds. The summed E-state index contributed by atoms with van der Waals surface area (Å²) in [6.45, 7) is -0.730. The Hall–Kier alpha value is -3.60. The second-order valence-corrected chi connectivity index (χ2v) is 6.05. The molecule has 158 valence electrons. The van der Waals surface area contributed by atoms with Crippen molar-refractivity contribution in [1.29, 1.82) is 0 Å². The first-order valence-electron chi connectivity index (χ1n) is 8.06. The van der Waals surface area contributed by atoms with Crippen molar-refractivity contribution in [2.24, 2.45) is 0 Å². The molecule has 0 unspecified atom stereocenters. The van der Waals surface area contributed by atoms with Gasteiger partial charge in [0.1, 0.15) is 0 Å². The highest BCUT2D eigenvalue weighted by Crippen LogP contribution is 2.18. The van der Waals surface area contributed by atoms with Crippen molar-refractivity contribution in [3.63, 3.8) is 0 Å². The van der Waals surface area contributed by atoms with Gasteiger partial charge < -0.3 is 10.1 Å². The number of anilines is 1. The van der Waals surface area contributed by atoms with Crippen molar-refractivity contribution in [3.05, 3.63) is 64.7 Å². The van der Waals surface area contributed by atoms with E-state index in [1.165, 1.54) is 24.3 Å². The number of hydrogen-bond donors (Lipinski definition) is 3. The van der Waals surface area contributed by atoms with E-state index in [1.807, 2.05) is 5.43 Å². The molecule has 2 rings (SSSR count). The Balaban J connectivity index is 1.79. The SMILES string of the molecule is O=C(COC(=O)c1ccc(NC(=O)C(F)(F)F)cc1)NNC(=O)c1ccc(Cl)cc1. The number of hydrazine groups is 1. The normalized spacial score (nSPS) is 10.7. The molecule has 0 radical (unpaired) electrons. The monoisotopic (exact) mass is 443 g/mol. The summed E-state index contributed by atoms with van der Waals surface area (Å²) in [5.74, 6) is -4.56. The van der Waals surface area contributed by atoms with Crippen molar-refractivity contribution >= 4 is 41.0 Å². The van der Waals surface area contributed by atoms with E-state index < -0.39 is 36.5 Å². The average molecular weight is 444 g/mol. The van der Waals surface area contributed by atoms with Gasteiger partial charge in [-0.2, -0.15) is 13.2 Å². The number of rotatable bonds is 5. The van der Waals surface area contributed by atoms with Crippen LogP contribution in [0.25, 0.3) is 0 Å². The summed E-state index contributed by atoms with van der Waals surface area (Å²) in [6, 6.07) is 10.2. The van der Waals surface area contributed by atoms with Gasteiger partial charge in [-0.1, -0.05) is 11.6 Å². The van der Waals surface area contributed by atoms with Crippen LogP contribution in [0, 0.1) is 0 Å². The Labute approximate surface area is 172 Å². The highest BCUT2D eigenvalue weighted by molar-refractivity contribution is 6.30. The number of alkyl halides is 3. The maximum Gasteiger partial charge on any atom is 0.471 e. The Bertz CT molecular complexity index is 947. The number of halogens is 4. The Kier molecular flexibility index (Phi) is 7.37. The fourth-order valence-electron chi connectivity index (χ4n) is 1.94. The molecule has 0 bridgehead atoms. The second-order valence-electron chi connectivity index (χ2n) is 5.61. The zero-order valence-electron chi connectivity index (χ0n) is 14.9. The van der Waals surface area contributed by atoms with E-state index >= 15 is 0 Å². The molecule has 0 atom stereocenters. The highest BCUT2D eigenvalue weighted by atomic mass is 35.5. The molecule has 0 spiro atoms. The zero-order chi connectivity index (χ0) is 22.3. The summed E-state index contributed by atoms with van der Waals surface area (Å²) in [5, 5.41) is 2.04. The molecular formula is C18H13ClF3N3O5. The van der Waals surface area contributed by atoms with Crippen molar-refractivity contribution in [3.8, 4) is 0 Å². The number of nitrogens with one attached hydrogen (secondary N) is 3. The molecule has 0 aromatic heterocycles. The van der Waals surface area contributed by atoms with Crippen LogP contribution in [0.5, 0.6) is 0 Å². The molecule has 0 aliphatic rings. The fourth-order valence-corrected chi connectivity index (χ4v) is 2.07. The lowest BCUT2D eigenvalue weighted by molar-refractivity contribution is -0.167. The molecule has 8 nitrogen and oxygen atoms in total. The van der Waals surface area contributed by atoms with Gasteiger partial charge in [0.15, 0.2) is 6.61 Å². The third-order valence-corrected chi connectivity index (χ3v) is 3.64. The number of carbonyl (C=O) groups is 4. The number of ether oxygens (including phenoxy) is 1. The first kappa shape index (κ1) is 22.7. The minimum Gasteiger partial charge on any atom is -0.452 e. The zero-order valence-corrected chi connectivity index (χ0v) is 15.6. The molecule has 2 aromatic carbocycles. The fraction of sp³-hybridized carbons (Fsp3) is 0.111. The van der Waals surface area contributed by atoms with Crippen molar-refractivity contribution in [1.82, 2.24) is 10.9 Å². The first-order valence-corrected chi connectivity index (χ1v) is 8.44. The van der Waals surface area contributed by atoms with E-state index in [0.717, 1.165) is 24.3 Å². The van der Waals surface area contributed by atoms with Gasteiger partial charge in [0.2, 0.25) is 0 Å². The van der Waals surface area contributed by atoms with Gasteiger partial charge in [-0.15, -0.1) is 0 Å². The number of amides is 3. The summed E-state index contributed by atoms with van der Waals surface area (Å²) >= 11 is 5.70. The Morgan fingerprint density at radius 2 is 1.43 bits per heavy atom. The lowest BCUT2D eigenvalue weighted by Crippen LogP contribution is -2.43. The van der Waals surface area contributed by atoms with Gasteiger partial charge in [-0.25, -0.2) is 4.79 Å². The summed E-state index contributed by atoms with van der Waals surface area (Å²) in [5.41, 5.74) is 4.13. The average Bonchev–Trinajstić information content (AvgIpc) is 2.70. The quantitative estimate of drug-likeness (QED) is 0.485. The number of esters is 1. The highest BCUT2D eigenvalue weighted by Gasteiger charge is 2.38. The standard InChI is InChI=1S/C18H13ClF3N3O5/c19-12-5-1-10(2-6-12)15(27)25-24-14(26)9-30-16(28)11-3-7-13(8-4-11)23-17(29)18(20,21)22/h1-8H,9H2,(H,23,29)(H,24,26)(H,25,27). The maximum absolute atomic E-state index is 12.2. The van der Waals surface area contributed by atoms with Crippen LogP contribution < -0.4 is 16.2 Å². The van der Waals surface area contributed by atoms with Gasteiger partial charge >= 0.3 is 18.1 Å². The minimum absolute atomic E-state index is 0.0713. The topological polar surface area (TPSA) is 114 Å². The van der Waals surface area contributed by atoms with E-state index in [9.17, 15) is 32.3 Å². The van der Waals surface area contributed by atoms with Crippen LogP contribution >= 0.6 is 11.6 Å². The molecule has 3 N–H and O–H groups in total. The van der Waals surface area contributed by atoms with Crippen LogP contribution in [-0.2, 0) is 14.3 Å². The van der Waals surface area contributed by atoms with E-state index in [1.54, 1.807) is 5.32 Å². The van der Waals surface area contributed by atoms with E-state index in [4.69, 9.17) is 16.3 Å². The molecular weight excluding hydrogens is 431 g/mol. The molecule has 0 aliphatic heterocycles. The predicted molar refractivity (Wildman–Crippen MR) is 98.5 cm³/mol. The van der Waals surface area contributed by atoms with Crippen LogP contribution in [0.15, 0.2) is 48.5 Å². The number of benzene rings is 2. The molecule has 0 heterocycles. The van der Waals surface area contributed by atoms with E-state index in [2.05, 4.69) is 5.43 Å². The molecule has 12 heteroatoms. The largest absolute Gasteiger partial charge is 0.471 e. The third-order valence-electron chi connectivity index (χ3n) is 3.39. The van der Waals surface area contributed by atoms with Gasteiger partial charge in [-0.05, 0) is 48.5 Å². The number of hydrogen-bond acceptors (Lipinski definition) is 5. The van der Waals surface area contributed by atoms with Gasteiger partial charge in [0.05, 0.1) is 5.56 Å². The summed E-state index contributed by atoms with van der Waals surface area (Å²) in [6.07, 6.45) is -5.05. The van der Waals surface area contributed by atoms with E-state index in [-0.39, 0.29) is 16.8 Å². The van der Waals surface area contributed by atoms with Crippen molar-refractivity contribution in [2.75, 3.05) is 11.9 Å². The van der Waals surface area contributed by atoms with Gasteiger partial charge in [-0.3, -0.25) is 25.2 Å². The van der Waals surface area contributed by atoms with E-state index in [0.29, 0.717) is 5.02 Å². The van der Waals surface area contributed by atoms with Crippen molar-refractivity contribution in [2.45, 2.75) is 6.18 Å². The van der Waals surface area contributed by atoms with Crippen LogP contribution in [0.1, 0.15) is 20.7 Å². The smallest absolute Gasteiger partial charge is 0.452 e. The van der Waals surface area contributed by atoms with Gasteiger partial charge in [0, 0.05) is 16.3 Å². The summed E-state index contributed by atoms with van der Waals surface area (Å²) < 4.78 is 41.3. The van der Waals surface area contributed by atoms with Crippen molar-refractivity contribution < 1.29 is 37.1 Å². The molecule has 30 heavy (non-hydrogen) atoms. The Morgan fingerprint density at radius 1 is 0.867 bits per heavy atom. The van der Waals surface area contributed by atoms with Crippen LogP contribution in [0.3, 0.4) is 0 Å². The van der Waals surface area contributed by atoms with Crippen LogP contribution in [0.2, 0.25) is 5.02 Å². The lowest BCUT2D eigenvalue weighted by atomic mass is 10.2. The molecule has 0 saturated heterocycles. The Morgan fingerprint density at radius 3 is 2.00 bits per heavy atom. The van der Waals surface area contributed by atoms with Crippen LogP contribution in [0.4, 0.5) is 18.9 Å². The molecule has 0 aliphatic carbocycles. The molecule has 2 aromatic rings. The minimum atomic E-state index is -5.05. The summed E-state index contributed by atoms with van der Waals surface area (Å²) in [7, 11) is 0. The summed E-state index contributed by atoms with van der Waals surface area (Å²) in [4.78, 5) is 46.2. The number of carbonyl (C=O) groups excluding carboxylic acids is 4. The maximum atomic E-state index is 12.2. The second kappa shape index (κ2) is 9.74. The van der Waals surface area contributed by atoms with Crippen LogP contribution in [-0.4, -0.2) is 36.5 Å². The lowest BCUT2D eigenvalue weighted by Gasteiger charge is -2.09. The van der Waals surface area contributed by atoms with Gasteiger partial charge in [0.25, 0.3) is 11.8 Å². The third kappa shape index (κ3) is 6.78. The first-order chi connectivity index (χ1) is 14.1.